The third kappa shape index (κ3) is 5.14. The molecule has 1 heterocycles. The van der Waals surface area contributed by atoms with E-state index >= 15 is 0 Å². The minimum atomic E-state index is -1.96. The molecule has 0 aliphatic heterocycles. The summed E-state index contributed by atoms with van der Waals surface area (Å²) in [5.74, 6) is -1.49. The molecule has 0 aliphatic rings. The van der Waals surface area contributed by atoms with Crippen LogP contribution in [0.5, 0.6) is 0 Å². The summed E-state index contributed by atoms with van der Waals surface area (Å²) < 4.78 is 6.05. The van der Waals surface area contributed by atoms with E-state index in [4.69, 9.17) is 4.43 Å². The van der Waals surface area contributed by atoms with Crippen molar-refractivity contribution < 1.29 is 19.1 Å². The van der Waals surface area contributed by atoms with E-state index in [2.05, 4.69) is 44.2 Å². The van der Waals surface area contributed by atoms with Crippen LogP contribution in [0.2, 0.25) is 18.1 Å². The Morgan fingerprint density at radius 3 is 2.52 bits per heavy atom. The van der Waals surface area contributed by atoms with Crippen molar-refractivity contribution in [3.05, 3.63) is 42.1 Å². The summed E-state index contributed by atoms with van der Waals surface area (Å²) in [6.07, 6.45) is 1.77. The van der Waals surface area contributed by atoms with Crippen LogP contribution in [-0.2, 0) is 9.22 Å². The van der Waals surface area contributed by atoms with Gasteiger partial charge in [-0.25, -0.2) is 4.79 Å². The second-order valence-electron chi connectivity index (χ2n) is 8.14. The molecule has 1 aromatic heterocycles. The number of carbonyl (C=O) groups excluding carboxylic acids is 1. The fourth-order valence-corrected chi connectivity index (χ4v) is 3.50. The maximum absolute atomic E-state index is 12.7. The maximum atomic E-state index is 12.7. The number of carboxylic acid groups (broad SMARTS) is 1. The van der Waals surface area contributed by atoms with Gasteiger partial charge in [-0.1, -0.05) is 39.0 Å². The molecule has 0 radical (unpaired) electrons. The molecule has 0 spiro atoms. The van der Waals surface area contributed by atoms with E-state index in [0.717, 1.165) is 0 Å². The van der Waals surface area contributed by atoms with Crippen LogP contribution in [0.3, 0.4) is 0 Å². The average molecular weight is 389 g/mol. The zero-order valence-electron chi connectivity index (χ0n) is 16.6. The highest BCUT2D eigenvalue weighted by molar-refractivity contribution is 6.74. The third-order valence-corrected chi connectivity index (χ3v) is 9.71. The highest BCUT2D eigenvalue weighted by Crippen LogP contribution is 2.36. The number of carbonyl (C=O) groups is 2. The fraction of sp³-hybridized carbons (Fsp3) is 0.450. The van der Waals surface area contributed by atoms with Gasteiger partial charge in [0.2, 0.25) is 0 Å². The van der Waals surface area contributed by atoms with Crippen molar-refractivity contribution in [2.24, 2.45) is 0 Å². The highest BCUT2D eigenvalue weighted by atomic mass is 28.4. The molecule has 146 valence electrons. The number of para-hydroxylation sites is 1. The molecule has 27 heavy (non-hydrogen) atoms. The standard InChI is InChI=1S/C20H28N2O4Si/c1-20(2,3)27(4,5)26-13-11-17(19(24)25)22-18(23)15-10-12-21-16-9-7-6-8-14(15)16/h6-10,12,17H,11,13H2,1-5H3,(H,22,23)(H,24,25)/t17-/m0/s1. The molecule has 0 saturated carbocycles. The molecule has 0 aliphatic carbocycles. The monoisotopic (exact) mass is 388 g/mol. The molecule has 1 amide bonds. The lowest BCUT2D eigenvalue weighted by atomic mass is 10.1. The van der Waals surface area contributed by atoms with Crippen LogP contribution >= 0.6 is 0 Å². The van der Waals surface area contributed by atoms with Crippen LogP contribution in [0, 0.1) is 0 Å². The molecule has 0 bridgehead atoms. The Hall–Kier alpha value is -2.25. The Kier molecular flexibility index (Phi) is 6.38. The van der Waals surface area contributed by atoms with Gasteiger partial charge in [-0.2, -0.15) is 0 Å². The number of aromatic nitrogens is 1. The largest absolute Gasteiger partial charge is 0.480 e. The lowest BCUT2D eigenvalue weighted by Gasteiger charge is -2.36. The first-order chi connectivity index (χ1) is 12.5. The Balaban J connectivity index is 2.07. The molecule has 7 heteroatoms. The molecule has 2 rings (SSSR count). The third-order valence-electron chi connectivity index (χ3n) is 5.17. The zero-order valence-corrected chi connectivity index (χ0v) is 17.6. The Morgan fingerprint density at radius 1 is 1.22 bits per heavy atom. The summed E-state index contributed by atoms with van der Waals surface area (Å²) in [5.41, 5.74) is 1.11. The second kappa shape index (κ2) is 8.18. The number of amides is 1. The fourth-order valence-electron chi connectivity index (χ4n) is 2.44. The van der Waals surface area contributed by atoms with Gasteiger partial charge in [0.15, 0.2) is 8.32 Å². The first kappa shape index (κ1) is 21.1. The molecule has 0 saturated heterocycles. The number of rotatable bonds is 7. The Bertz CT molecular complexity index is 825. The Morgan fingerprint density at radius 2 is 1.89 bits per heavy atom. The van der Waals surface area contributed by atoms with Crippen molar-refractivity contribution in [1.29, 1.82) is 0 Å². The maximum Gasteiger partial charge on any atom is 0.326 e. The lowest BCUT2D eigenvalue weighted by Crippen LogP contribution is -2.44. The average Bonchev–Trinajstić information content (AvgIpc) is 2.59. The van der Waals surface area contributed by atoms with Crippen LogP contribution in [0.25, 0.3) is 10.9 Å². The van der Waals surface area contributed by atoms with Crippen LogP contribution in [0.15, 0.2) is 36.5 Å². The first-order valence-electron chi connectivity index (χ1n) is 9.04. The van der Waals surface area contributed by atoms with E-state index in [1.54, 1.807) is 18.3 Å². The number of nitrogens with zero attached hydrogens (tertiary/aromatic N) is 1. The predicted octanol–water partition coefficient (Wildman–Crippen LogP) is 3.83. The van der Waals surface area contributed by atoms with E-state index in [1.807, 2.05) is 18.2 Å². The topological polar surface area (TPSA) is 88.5 Å². The number of fused-ring (bicyclic) bond motifs is 1. The second-order valence-corrected chi connectivity index (χ2v) is 12.9. The molecule has 2 aromatic rings. The summed E-state index contributed by atoms with van der Waals surface area (Å²) in [4.78, 5) is 28.5. The molecule has 0 fully saturated rings. The first-order valence-corrected chi connectivity index (χ1v) is 11.9. The number of nitrogens with one attached hydrogen (secondary N) is 1. The molecule has 1 atom stereocenters. The quantitative estimate of drug-likeness (QED) is 0.704. The zero-order chi connectivity index (χ0) is 20.2. The predicted molar refractivity (Wildman–Crippen MR) is 108 cm³/mol. The summed E-state index contributed by atoms with van der Waals surface area (Å²) >= 11 is 0. The van der Waals surface area contributed by atoms with Crippen molar-refractivity contribution in [2.45, 2.75) is 51.4 Å². The van der Waals surface area contributed by atoms with Crippen molar-refractivity contribution in [1.82, 2.24) is 10.3 Å². The van der Waals surface area contributed by atoms with Crippen molar-refractivity contribution >= 4 is 31.1 Å². The minimum Gasteiger partial charge on any atom is -0.480 e. The van der Waals surface area contributed by atoms with Gasteiger partial charge in [0, 0.05) is 24.6 Å². The number of carboxylic acids is 1. The van der Waals surface area contributed by atoms with Gasteiger partial charge < -0.3 is 14.8 Å². The molecule has 1 aromatic carbocycles. The summed E-state index contributed by atoms with van der Waals surface area (Å²) in [5, 5.41) is 12.9. The van der Waals surface area contributed by atoms with Gasteiger partial charge in [-0.05, 0) is 30.3 Å². The number of pyridine rings is 1. The SMILES string of the molecule is CC(C)(C)[Si](C)(C)OCC[C@H](NC(=O)c1ccnc2ccccc12)C(=O)O. The Labute approximate surface area is 161 Å². The van der Waals surface area contributed by atoms with Crippen LogP contribution in [0.1, 0.15) is 37.6 Å². The van der Waals surface area contributed by atoms with Crippen molar-refractivity contribution in [2.75, 3.05) is 6.61 Å². The lowest BCUT2D eigenvalue weighted by molar-refractivity contribution is -0.139. The molecular formula is C20H28N2O4Si. The minimum absolute atomic E-state index is 0.0465. The number of aliphatic carboxylic acids is 1. The van der Waals surface area contributed by atoms with E-state index in [1.165, 1.54) is 0 Å². The van der Waals surface area contributed by atoms with Gasteiger partial charge in [0.25, 0.3) is 5.91 Å². The van der Waals surface area contributed by atoms with Gasteiger partial charge in [-0.15, -0.1) is 0 Å². The molecular weight excluding hydrogens is 360 g/mol. The van der Waals surface area contributed by atoms with Gasteiger partial charge in [0.05, 0.1) is 11.1 Å². The smallest absolute Gasteiger partial charge is 0.326 e. The van der Waals surface area contributed by atoms with Crippen molar-refractivity contribution in [3.8, 4) is 0 Å². The van der Waals surface area contributed by atoms with Crippen LogP contribution in [0.4, 0.5) is 0 Å². The van der Waals surface area contributed by atoms with Crippen LogP contribution in [-0.4, -0.2) is 42.9 Å². The van der Waals surface area contributed by atoms with E-state index < -0.39 is 26.2 Å². The number of hydrogen-bond acceptors (Lipinski definition) is 4. The highest BCUT2D eigenvalue weighted by Gasteiger charge is 2.37. The van der Waals surface area contributed by atoms with Gasteiger partial charge >= 0.3 is 5.97 Å². The molecule has 6 nitrogen and oxygen atoms in total. The van der Waals surface area contributed by atoms with E-state index in [0.29, 0.717) is 23.1 Å². The van der Waals surface area contributed by atoms with Crippen molar-refractivity contribution in [3.63, 3.8) is 0 Å². The van der Waals surface area contributed by atoms with Crippen LogP contribution < -0.4 is 5.32 Å². The van der Waals surface area contributed by atoms with E-state index in [9.17, 15) is 14.7 Å². The van der Waals surface area contributed by atoms with Gasteiger partial charge in [0.1, 0.15) is 6.04 Å². The summed E-state index contributed by atoms with van der Waals surface area (Å²) in [7, 11) is -1.96. The van der Waals surface area contributed by atoms with Gasteiger partial charge in [-0.3, -0.25) is 9.78 Å². The summed E-state index contributed by atoms with van der Waals surface area (Å²) in [6.45, 7) is 10.9. The van der Waals surface area contributed by atoms with E-state index in [-0.39, 0.29) is 11.5 Å². The number of benzene rings is 1. The normalized spacial score (nSPS) is 13.4. The number of hydrogen-bond donors (Lipinski definition) is 2. The molecule has 2 N–H and O–H groups in total. The summed E-state index contributed by atoms with van der Waals surface area (Å²) in [6, 6.07) is 7.87. The molecule has 0 unspecified atom stereocenters.